The molecule has 0 heterocycles. The first-order chi connectivity index (χ1) is 17.0. The summed E-state index contributed by atoms with van der Waals surface area (Å²) in [4.78, 5) is 29.0. The molecule has 3 aromatic carbocycles. The Balaban J connectivity index is 1.56. The number of nitrogens with one attached hydrogen (secondary N) is 1. The molecule has 6 heteroatoms. The molecule has 0 spiro atoms. The van der Waals surface area contributed by atoms with Crippen molar-refractivity contribution in [1.29, 1.82) is 0 Å². The fourth-order valence-electron chi connectivity index (χ4n) is 4.28. The summed E-state index contributed by atoms with van der Waals surface area (Å²) in [6.45, 7) is 1.96. The lowest BCUT2D eigenvalue weighted by Crippen LogP contribution is -2.45. The number of methoxy groups -OCH3 is 1. The van der Waals surface area contributed by atoms with E-state index in [1.807, 2.05) is 73.7 Å². The third kappa shape index (κ3) is 6.43. The molecular weight excluding hydrogens is 460 g/mol. The van der Waals surface area contributed by atoms with Crippen molar-refractivity contribution in [2.75, 3.05) is 7.11 Å². The van der Waals surface area contributed by atoms with Crippen LogP contribution >= 0.6 is 11.6 Å². The third-order valence-electron chi connectivity index (χ3n) is 6.39. The summed E-state index contributed by atoms with van der Waals surface area (Å²) in [5, 5.41) is 3.73. The second-order valence-corrected chi connectivity index (χ2v) is 9.41. The average molecular weight is 491 g/mol. The number of benzene rings is 3. The van der Waals surface area contributed by atoms with Crippen molar-refractivity contribution in [2.45, 2.75) is 50.7 Å². The number of ether oxygens (including phenoxy) is 1. The van der Waals surface area contributed by atoms with Gasteiger partial charge in [-0.2, -0.15) is 0 Å². The van der Waals surface area contributed by atoms with Crippen LogP contribution in [-0.2, 0) is 16.0 Å². The number of halogens is 1. The van der Waals surface area contributed by atoms with Crippen LogP contribution in [0, 0.1) is 0 Å². The van der Waals surface area contributed by atoms with Gasteiger partial charge in [0.25, 0.3) is 0 Å². The van der Waals surface area contributed by atoms with Gasteiger partial charge >= 0.3 is 0 Å². The highest BCUT2D eigenvalue weighted by molar-refractivity contribution is 6.30. The van der Waals surface area contributed by atoms with E-state index in [1.54, 1.807) is 24.1 Å². The van der Waals surface area contributed by atoms with E-state index >= 15 is 0 Å². The van der Waals surface area contributed by atoms with Crippen molar-refractivity contribution in [3.05, 3.63) is 101 Å². The quantitative estimate of drug-likeness (QED) is 0.385. The topological polar surface area (TPSA) is 58.6 Å². The number of amides is 2. The summed E-state index contributed by atoms with van der Waals surface area (Å²) in [5.74, 6) is 0.575. The molecule has 182 valence electrons. The maximum atomic E-state index is 13.7. The molecule has 4 rings (SSSR count). The Morgan fingerprint density at radius 2 is 1.63 bits per heavy atom. The fourth-order valence-corrected chi connectivity index (χ4v) is 4.41. The fraction of sp³-hybridized carbons (Fsp3) is 0.310. The summed E-state index contributed by atoms with van der Waals surface area (Å²) in [5.41, 5.74) is 2.83. The average Bonchev–Trinajstić information content (AvgIpc) is 3.72. The highest BCUT2D eigenvalue weighted by Gasteiger charge is 2.41. The van der Waals surface area contributed by atoms with Gasteiger partial charge in [0, 0.05) is 17.5 Å². The highest BCUT2D eigenvalue weighted by Crippen LogP contribution is 2.36. The second-order valence-electron chi connectivity index (χ2n) is 8.98. The molecule has 1 fully saturated rings. The molecule has 1 aliphatic rings. The van der Waals surface area contributed by atoms with Crippen LogP contribution in [0.5, 0.6) is 5.75 Å². The van der Waals surface area contributed by atoms with E-state index in [0.717, 1.165) is 35.3 Å². The molecule has 0 aromatic heterocycles. The van der Waals surface area contributed by atoms with Crippen molar-refractivity contribution >= 4 is 23.4 Å². The number of rotatable bonds is 10. The van der Waals surface area contributed by atoms with Crippen LogP contribution < -0.4 is 10.1 Å². The number of carbonyl (C=O) groups excluding carboxylic acids is 2. The first kappa shape index (κ1) is 24.8. The SMILES string of the molecule is COc1ccc(CCC(=O)N(C2CC2)C(C(=O)NC(C)c2ccccc2)c2ccc(Cl)cc2)cc1. The predicted molar refractivity (Wildman–Crippen MR) is 138 cm³/mol. The largest absolute Gasteiger partial charge is 0.497 e. The monoisotopic (exact) mass is 490 g/mol. The summed E-state index contributed by atoms with van der Waals surface area (Å²) in [6, 6.07) is 23.9. The van der Waals surface area contributed by atoms with Crippen LogP contribution in [0.25, 0.3) is 0 Å². The molecule has 1 aliphatic carbocycles. The number of carbonyl (C=O) groups is 2. The number of hydrogen-bond acceptors (Lipinski definition) is 3. The highest BCUT2D eigenvalue weighted by atomic mass is 35.5. The molecular formula is C29H31ClN2O3. The number of nitrogens with zero attached hydrogens (tertiary/aromatic N) is 1. The minimum atomic E-state index is -0.714. The standard InChI is InChI=1S/C29H31ClN2O3/c1-20(22-6-4-3-5-7-22)31-29(34)28(23-11-13-24(30)14-12-23)32(25-15-16-25)27(33)19-10-21-8-17-26(35-2)18-9-21/h3-9,11-14,17-18,20,25,28H,10,15-16,19H2,1-2H3,(H,31,34). The van der Waals surface area contributed by atoms with Gasteiger partial charge in [-0.25, -0.2) is 0 Å². The van der Waals surface area contributed by atoms with Crippen molar-refractivity contribution < 1.29 is 14.3 Å². The van der Waals surface area contributed by atoms with E-state index in [1.165, 1.54) is 0 Å². The number of hydrogen-bond donors (Lipinski definition) is 1. The molecule has 1 saturated carbocycles. The zero-order valence-corrected chi connectivity index (χ0v) is 20.9. The summed E-state index contributed by atoms with van der Waals surface area (Å²) >= 11 is 6.13. The molecule has 5 nitrogen and oxygen atoms in total. The van der Waals surface area contributed by atoms with Crippen LogP contribution in [0.2, 0.25) is 5.02 Å². The van der Waals surface area contributed by atoms with Gasteiger partial charge in [-0.3, -0.25) is 9.59 Å². The summed E-state index contributed by atoms with van der Waals surface area (Å²) < 4.78 is 5.22. The van der Waals surface area contributed by atoms with Gasteiger partial charge < -0.3 is 15.0 Å². The molecule has 0 radical (unpaired) electrons. The van der Waals surface area contributed by atoms with Crippen molar-refractivity contribution in [3.63, 3.8) is 0 Å². The molecule has 0 aliphatic heterocycles. The summed E-state index contributed by atoms with van der Waals surface area (Å²) in [7, 11) is 1.63. The Morgan fingerprint density at radius 3 is 2.23 bits per heavy atom. The van der Waals surface area contributed by atoms with Crippen LogP contribution in [0.3, 0.4) is 0 Å². The molecule has 0 bridgehead atoms. The Bertz CT molecular complexity index is 1130. The maximum absolute atomic E-state index is 13.7. The van der Waals surface area contributed by atoms with Crippen LogP contribution in [-0.4, -0.2) is 29.9 Å². The molecule has 1 N–H and O–H groups in total. The van der Waals surface area contributed by atoms with Gasteiger partial charge in [0.2, 0.25) is 11.8 Å². The van der Waals surface area contributed by atoms with E-state index in [2.05, 4.69) is 5.32 Å². The van der Waals surface area contributed by atoms with Crippen molar-refractivity contribution in [2.24, 2.45) is 0 Å². The maximum Gasteiger partial charge on any atom is 0.247 e. The number of aryl methyl sites for hydroxylation is 1. The lowest BCUT2D eigenvalue weighted by Gasteiger charge is -2.32. The smallest absolute Gasteiger partial charge is 0.247 e. The molecule has 35 heavy (non-hydrogen) atoms. The van der Waals surface area contributed by atoms with E-state index in [9.17, 15) is 9.59 Å². The van der Waals surface area contributed by atoms with Gasteiger partial charge in [-0.05, 0) is 67.1 Å². The molecule has 2 atom stereocenters. The zero-order chi connectivity index (χ0) is 24.8. The predicted octanol–water partition coefficient (Wildman–Crippen LogP) is 5.89. The van der Waals surface area contributed by atoms with Crippen molar-refractivity contribution in [1.82, 2.24) is 10.2 Å². The molecule has 3 aromatic rings. The molecule has 2 unspecified atom stereocenters. The molecule has 2 amide bonds. The van der Waals surface area contributed by atoms with E-state index in [-0.39, 0.29) is 23.9 Å². The zero-order valence-electron chi connectivity index (χ0n) is 20.1. The first-order valence-electron chi connectivity index (χ1n) is 12.0. The van der Waals surface area contributed by atoms with Gasteiger partial charge in [0.15, 0.2) is 0 Å². The van der Waals surface area contributed by atoms with Crippen LogP contribution in [0.15, 0.2) is 78.9 Å². The Kier molecular flexibility index (Phi) is 8.09. The minimum absolute atomic E-state index is 0.0224. The van der Waals surface area contributed by atoms with Gasteiger partial charge in [-0.1, -0.05) is 66.2 Å². The summed E-state index contributed by atoms with van der Waals surface area (Å²) in [6.07, 6.45) is 2.73. The van der Waals surface area contributed by atoms with E-state index < -0.39 is 6.04 Å². The Morgan fingerprint density at radius 1 is 0.971 bits per heavy atom. The molecule has 0 saturated heterocycles. The first-order valence-corrected chi connectivity index (χ1v) is 12.4. The minimum Gasteiger partial charge on any atom is -0.497 e. The van der Waals surface area contributed by atoms with Gasteiger partial charge in [-0.15, -0.1) is 0 Å². The Hall–Kier alpha value is -3.31. The van der Waals surface area contributed by atoms with Gasteiger partial charge in [0.1, 0.15) is 11.8 Å². The normalized spacial score (nSPS) is 14.6. The van der Waals surface area contributed by atoms with Gasteiger partial charge in [0.05, 0.1) is 13.2 Å². The van der Waals surface area contributed by atoms with E-state index in [0.29, 0.717) is 17.9 Å². The van der Waals surface area contributed by atoms with Crippen LogP contribution in [0.1, 0.15) is 55.0 Å². The van der Waals surface area contributed by atoms with Crippen LogP contribution in [0.4, 0.5) is 0 Å². The lowest BCUT2D eigenvalue weighted by atomic mass is 10.0. The Labute approximate surface area is 212 Å². The van der Waals surface area contributed by atoms with E-state index in [4.69, 9.17) is 16.3 Å². The lowest BCUT2D eigenvalue weighted by molar-refractivity contribution is -0.141. The van der Waals surface area contributed by atoms with Crippen molar-refractivity contribution in [3.8, 4) is 5.75 Å². The third-order valence-corrected chi connectivity index (χ3v) is 6.64. The second kappa shape index (κ2) is 11.4.